The maximum Gasteiger partial charge on any atom is 0.338 e. The van der Waals surface area contributed by atoms with E-state index in [1.807, 2.05) is 11.4 Å². The summed E-state index contributed by atoms with van der Waals surface area (Å²) < 4.78 is 4.61. The third-order valence-corrected chi connectivity index (χ3v) is 5.94. The van der Waals surface area contributed by atoms with Gasteiger partial charge in [-0.1, -0.05) is 12.1 Å². The molecule has 0 fully saturated rings. The highest BCUT2D eigenvalue weighted by Crippen LogP contribution is 2.30. The van der Waals surface area contributed by atoms with Gasteiger partial charge in [-0.15, -0.1) is 11.3 Å². The Morgan fingerprint density at radius 2 is 1.84 bits per heavy atom. The van der Waals surface area contributed by atoms with E-state index in [2.05, 4.69) is 27.2 Å². The molecule has 1 aromatic heterocycles. The monoisotopic (exact) mass is 437 g/mol. The molecule has 1 N–H and O–H groups in total. The molecule has 2 aromatic carbocycles. The molecule has 1 amide bonds. The molecule has 9 heteroatoms. The van der Waals surface area contributed by atoms with E-state index in [4.69, 9.17) is 0 Å². The Morgan fingerprint density at radius 3 is 2.58 bits per heavy atom. The van der Waals surface area contributed by atoms with Gasteiger partial charge < -0.3 is 4.74 Å². The Bertz CT molecular complexity index is 1190. The molecule has 1 aliphatic carbocycles. The highest BCUT2D eigenvalue weighted by molar-refractivity contribution is 7.14. The fourth-order valence-electron chi connectivity index (χ4n) is 3.61. The minimum absolute atomic E-state index is 0.0277. The van der Waals surface area contributed by atoms with Gasteiger partial charge in [0.1, 0.15) is 0 Å². The van der Waals surface area contributed by atoms with Crippen LogP contribution in [0.15, 0.2) is 41.8 Å². The van der Waals surface area contributed by atoms with E-state index in [0.29, 0.717) is 5.13 Å². The Balaban J connectivity index is 1.56. The van der Waals surface area contributed by atoms with Crippen LogP contribution < -0.4 is 5.32 Å². The van der Waals surface area contributed by atoms with Crippen LogP contribution in [0.4, 0.5) is 10.8 Å². The molecule has 0 radical (unpaired) electrons. The molecule has 0 unspecified atom stereocenters. The molecule has 0 atom stereocenters. The maximum atomic E-state index is 12.7. The fraction of sp³-hybridized carbons (Fsp3) is 0.227. The fourth-order valence-corrected chi connectivity index (χ4v) is 4.32. The number of nitro groups is 1. The molecule has 0 saturated heterocycles. The second-order valence-corrected chi connectivity index (χ2v) is 8.06. The van der Waals surface area contributed by atoms with Crippen LogP contribution in [0, 0.1) is 10.1 Å². The van der Waals surface area contributed by atoms with Gasteiger partial charge in [0, 0.05) is 28.6 Å². The number of methoxy groups -OCH3 is 1. The van der Waals surface area contributed by atoms with Crippen LogP contribution in [0.2, 0.25) is 0 Å². The summed E-state index contributed by atoms with van der Waals surface area (Å²) in [7, 11) is 1.17. The van der Waals surface area contributed by atoms with Crippen molar-refractivity contribution in [3.8, 4) is 11.3 Å². The average Bonchev–Trinajstić information content (AvgIpc) is 3.26. The molecule has 0 bridgehead atoms. The van der Waals surface area contributed by atoms with Crippen molar-refractivity contribution in [3.05, 3.63) is 74.1 Å². The number of ether oxygens (including phenoxy) is 1. The molecule has 4 rings (SSSR count). The standard InChI is InChI=1S/C22H19N3O5S/c1-30-21(27)17-9-16(10-18(11-17)25(28)29)20(26)24-22-23-19(12-31-22)15-7-6-13-4-2-3-5-14(13)8-15/h6-12H,2-5H2,1H3,(H,23,24,26). The van der Waals surface area contributed by atoms with Crippen molar-refractivity contribution < 1.29 is 19.2 Å². The Hall–Kier alpha value is -3.59. The van der Waals surface area contributed by atoms with Gasteiger partial charge in [-0.25, -0.2) is 9.78 Å². The van der Waals surface area contributed by atoms with Crippen LogP contribution >= 0.6 is 11.3 Å². The molecule has 1 aliphatic rings. The number of nitro benzene ring substituents is 1. The predicted octanol–water partition coefficient (Wildman–Crippen LogP) is 4.64. The number of nitrogens with one attached hydrogen (secondary N) is 1. The first kappa shape index (κ1) is 20.7. The number of carbonyl (C=O) groups excluding carboxylic acids is 2. The lowest BCUT2D eigenvalue weighted by Gasteiger charge is -2.16. The van der Waals surface area contributed by atoms with Crippen LogP contribution in [0.1, 0.15) is 44.7 Å². The summed E-state index contributed by atoms with van der Waals surface area (Å²) in [6.07, 6.45) is 4.57. The zero-order valence-corrected chi connectivity index (χ0v) is 17.5. The first-order chi connectivity index (χ1) is 14.9. The van der Waals surface area contributed by atoms with E-state index in [1.54, 1.807) is 0 Å². The average molecular weight is 437 g/mol. The van der Waals surface area contributed by atoms with E-state index in [-0.39, 0.29) is 16.8 Å². The van der Waals surface area contributed by atoms with E-state index in [0.717, 1.165) is 36.2 Å². The predicted molar refractivity (Wildman–Crippen MR) is 117 cm³/mol. The van der Waals surface area contributed by atoms with E-state index < -0.39 is 16.8 Å². The zero-order valence-electron chi connectivity index (χ0n) is 16.7. The number of nitrogens with zero attached hydrogens (tertiary/aromatic N) is 2. The van der Waals surface area contributed by atoms with Gasteiger partial charge in [-0.3, -0.25) is 20.2 Å². The van der Waals surface area contributed by atoms with Crippen molar-refractivity contribution in [3.63, 3.8) is 0 Å². The molecular weight excluding hydrogens is 418 g/mol. The molecule has 0 saturated carbocycles. The Kier molecular flexibility index (Phi) is 5.77. The maximum absolute atomic E-state index is 12.7. The number of aromatic nitrogens is 1. The summed E-state index contributed by atoms with van der Waals surface area (Å²) in [5.74, 6) is -1.36. The van der Waals surface area contributed by atoms with Crippen LogP contribution in [-0.2, 0) is 17.6 Å². The van der Waals surface area contributed by atoms with Gasteiger partial charge in [-0.2, -0.15) is 0 Å². The van der Waals surface area contributed by atoms with Crippen molar-refractivity contribution in [1.29, 1.82) is 0 Å². The lowest BCUT2D eigenvalue weighted by molar-refractivity contribution is -0.384. The van der Waals surface area contributed by atoms with Gasteiger partial charge in [-0.05, 0) is 48.9 Å². The Labute approximate surface area is 182 Å². The van der Waals surface area contributed by atoms with Crippen LogP contribution in [-0.4, -0.2) is 28.9 Å². The summed E-state index contributed by atoms with van der Waals surface area (Å²) in [4.78, 5) is 39.5. The third-order valence-electron chi connectivity index (χ3n) is 5.18. The van der Waals surface area contributed by atoms with Crippen LogP contribution in [0.3, 0.4) is 0 Å². The second-order valence-electron chi connectivity index (χ2n) is 7.20. The van der Waals surface area contributed by atoms with Crippen molar-refractivity contribution in [2.24, 2.45) is 0 Å². The highest BCUT2D eigenvalue weighted by atomic mass is 32.1. The number of thiazole rings is 1. The third kappa shape index (κ3) is 4.46. The lowest BCUT2D eigenvalue weighted by atomic mass is 9.90. The molecule has 31 heavy (non-hydrogen) atoms. The number of non-ortho nitro benzene ring substituents is 1. The van der Waals surface area contributed by atoms with Crippen LogP contribution in [0.5, 0.6) is 0 Å². The minimum atomic E-state index is -0.762. The highest BCUT2D eigenvalue weighted by Gasteiger charge is 2.19. The largest absolute Gasteiger partial charge is 0.465 e. The first-order valence-electron chi connectivity index (χ1n) is 9.71. The summed E-state index contributed by atoms with van der Waals surface area (Å²) in [6, 6.07) is 9.76. The molecule has 0 spiro atoms. The summed E-state index contributed by atoms with van der Waals surface area (Å²) in [5.41, 5.74) is 3.99. The van der Waals surface area contributed by atoms with E-state index >= 15 is 0 Å². The SMILES string of the molecule is COC(=O)c1cc(C(=O)Nc2nc(-c3ccc4c(c3)CCCC4)cs2)cc([N+](=O)[O-])c1. The van der Waals surface area contributed by atoms with Crippen molar-refractivity contribution in [1.82, 2.24) is 4.98 Å². The topological polar surface area (TPSA) is 111 Å². The van der Waals surface area contributed by atoms with Gasteiger partial charge >= 0.3 is 5.97 Å². The van der Waals surface area contributed by atoms with Gasteiger partial charge in [0.05, 0.1) is 23.3 Å². The number of hydrogen-bond donors (Lipinski definition) is 1. The van der Waals surface area contributed by atoms with Gasteiger partial charge in [0.15, 0.2) is 5.13 Å². The minimum Gasteiger partial charge on any atom is -0.465 e. The number of benzene rings is 2. The van der Waals surface area contributed by atoms with Crippen LogP contribution in [0.25, 0.3) is 11.3 Å². The number of amides is 1. The van der Waals surface area contributed by atoms with E-state index in [1.165, 1.54) is 48.5 Å². The first-order valence-corrected chi connectivity index (χ1v) is 10.6. The second kappa shape index (κ2) is 8.65. The zero-order chi connectivity index (χ0) is 22.0. The summed E-state index contributed by atoms with van der Waals surface area (Å²) in [6.45, 7) is 0. The Morgan fingerprint density at radius 1 is 1.10 bits per heavy atom. The van der Waals surface area contributed by atoms with Crippen molar-refractivity contribution >= 4 is 34.0 Å². The number of aryl methyl sites for hydroxylation is 2. The number of fused-ring (bicyclic) bond motifs is 1. The number of carbonyl (C=O) groups is 2. The number of esters is 1. The van der Waals surface area contributed by atoms with Gasteiger partial charge in [0.2, 0.25) is 0 Å². The number of rotatable bonds is 5. The summed E-state index contributed by atoms with van der Waals surface area (Å²) >= 11 is 1.26. The molecule has 3 aromatic rings. The van der Waals surface area contributed by atoms with Crippen molar-refractivity contribution in [2.45, 2.75) is 25.7 Å². The van der Waals surface area contributed by atoms with Crippen molar-refractivity contribution in [2.75, 3.05) is 12.4 Å². The van der Waals surface area contributed by atoms with E-state index in [9.17, 15) is 19.7 Å². The smallest absolute Gasteiger partial charge is 0.338 e. The molecule has 1 heterocycles. The lowest BCUT2D eigenvalue weighted by Crippen LogP contribution is -2.14. The molecular formula is C22H19N3O5S. The number of anilines is 1. The summed E-state index contributed by atoms with van der Waals surface area (Å²) in [5, 5.41) is 16.0. The molecule has 8 nitrogen and oxygen atoms in total. The quantitative estimate of drug-likeness (QED) is 0.354. The normalized spacial score (nSPS) is 12.7. The van der Waals surface area contributed by atoms with Gasteiger partial charge in [0.25, 0.3) is 11.6 Å². The molecule has 0 aliphatic heterocycles. The molecule has 158 valence electrons. The number of hydrogen-bond acceptors (Lipinski definition) is 7.